The maximum absolute atomic E-state index is 12.3. The van der Waals surface area contributed by atoms with Gasteiger partial charge in [0.15, 0.2) is 11.5 Å². The van der Waals surface area contributed by atoms with Gasteiger partial charge in [-0.1, -0.05) is 0 Å². The Kier molecular flexibility index (Phi) is 4.74. The molecule has 2 aromatic rings. The molecule has 0 aliphatic carbocycles. The Balaban J connectivity index is 1.61. The van der Waals surface area contributed by atoms with Crippen LogP contribution in [-0.2, 0) is 4.79 Å². The number of nitrogens with one attached hydrogen (secondary N) is 2. The van der Waals surface area contributed by atoms with E-state index < -0.39 is 11.9 Å². The first-order valence-corrected chi connectivity index (χ1v) is 7.90. The maximum atomic E-state index is 12.3. The summed E-state index contributed by atoms with van der Waals surface area (Å²) in [4.78, 5) is 23.4. The van der Waals surface area contributed by atoms with Crippen LogP contribution in [0.2, 0.25) is 0 Å². The summed E-state index contributed by atoms with van der Waals surface area (Å²) in [6, 6.07) is 11.4. The van der Waals surface area contributed by atoms with Crippen molar-refractivity contribution in [3.05, 3.63) is 48.0 Å². The summed E-state index contributed by atoms with van der Waals surface area (Å²) in [5.41, 5.74) is 6.93. The molecule has 1 aliphatic rings. The highest BCUT2D eigenvalue weighted by Gasteiger charge is 2.16. The fraction of sp³-hybridized carbons (Fsp3) is 0.222. The molecule has 2 amide bonds. The van der Waals surface area contributed by atoms with E-state index in [4.69, 9.17) is 15.2 Å². The Morgan fingerprint density at radius 2 is 1.64 bits per heavy atom. The molecule has 1 aliphatic heterocycles. The van der Waals surface area contributed by atoms with Crippen LogP contribution in [-0.4, -0.2) is 31.1 Å². The number of nitrogens with two attached hydrogens (primary N) is 1. The van der Waals surface area contributed by atoms with Crippen molar-refractivity contribution in [3.8, 4) is 11.5 Å². The van der Waals surface area contributed by atoms with Gasteiger partial charge in [0.2, 0.25) is 11.8 Å². The van der Waals surface area contributed by atoms with E-state index >= 15 is 0 Å². The Morgan fingerprint density at radius 1 is 1.00 bits per heavy atom. The van der Waals surface area contributed by atoms with Gasteiger partial charge in [-0.3, -0.25) is 9.59 Å². The van der Waals surface area contributed by atoms with Gasteiger partial charge in [-0.2, -0.15) is 0 Å². The van der Waals surface area contributed by atoms with Gasteiger partial charge in [0.05, 0.1) is 0 Å². The highest BCUT2D eigenvalue weighted by atomic mass is 16.6. The molecule has 25 heavy (non-hydrogen) atoms. The highest BCUT2D eigenvalue weighted by molar-refractivity contribution is 5.97. The summed E-state index contributed by atoms with van der Waals surface area (Å²) in [7, 11) is 0. The van der Waals surface area contributed by atoms with E-state index in [1.807, 2.05) is 12.1 Å². The zero-order valence-corrected chi connectivity index (χ0v) is 13.7. The normalized spacial score (nSPS) is 13.6. The number of benzene rings is 2. The zero-order chi connectivity index (χ0) is 17.8. The molecule has 0 saturated carbocycles. The molecular formula is C18H19N3O4. The number of hydrogen-bond acceptors (Lipinski definition) is 5. The molecule has 0 saturated heterocycles. The molecule has 2 aromatic carbocycles. The molecule has 0 aromatic heterocycles. The number of anilines is 2. The van der Waals surface area contributed by atoms with Gasteiger partial charge >= 0.3 is 0 Å². The molecule has 4 N–H and O–H groups in total. The molecular weight excluding hydrogens is 322 g/mol. The van der Waals surface area contributed by atoms with E-state index in [0.29, 0.717) is 36.0 Å². The van der Waals surface area contributed by atoms with Gasteiger partial charge in [0.25, 0.3) is 0 Å². The largest absolute Gasteiger partial charge is 0.486 e. The summed E-state index contributed by atoms with van der Waals surface area (Å²) < 4.78 is 11.0. The summed E-state index contributed by atoms with van der Waals surface area (Å²) >= 11 is 0. The SMILES string of the molecule is C[C@@H](Nc1ccc2c(c1)OCCO2)C(=O)Nc1ccc(C(N)=O)cc1. The first kappa shape index (κ1) is 16.6. The number of primary amides is 1. The first-order chi connectivity index (χ1) is 12.0. The van der Waals surface area contributed by atoms with Crippen LogP contribution in [0.5, 0.6) is 11.5 Å². The van der Waals surface area contributed by atoms with Gasteiger partial charge in [-0.15, -0.1) is 0 Å². The molecule has 3 rings (SSSR count). The fourth-order valence-electron chi connectivity index (χ4n) is 2.42. The lowest BCUT2D eigenvalue weighted by Crippen LogP contribution is -2.32. The Labute approximate surface area is 145 Å². The molecule has 0 fully saturated rings. The average Bonchev–Trinajstić information content (AvgIpc) is 2.62. The Bertz CT molecular complexity index is 789. The third-order valence-electron chi connectivity index (χ3n) is 3.76. The van der Waals surface area contributed by atoms with Gasteiger partial charge in [0, 0.05) is 23.0 Å². The standard InChI is InChI=1S/C18H19N3O4/c1-11(18(23)21-13-4-2-12(3-5-13)17(19)22)20-14-6-7-15-16(10-14)25-9-8-24-15/h2-7,10-11,20H,8-9H2,1H3,(H2,19,22)(H,21,23)/t11-/m1/s1. The minimum absolute atomic E-state index is 0.207. The van der Waals surface area contributed by atoms with Crippen LogP contribution in [0.1, 0.15) is 17.3 Å². The van der Waals surface area contributed by atoms with Gasteiger partial charge in [-0.05, 0) is 43.3 Å². The second kappa shape index (κ2) is 7.12. The molecule has 1 atom stereocenters. The Morgan fingerprint density at radius 3 is 2.32 bits per heavy atom. The summed E-state index contributed by atoms with van der Waals surface area (Å²) in [5, 5.41) is 5.90. The van der Waals surface area contributed by atoms with E-state index in [0.717, 1.165) is 5.69 Å². The maximum Gasteiger partial charge on any atom is 0.248 e. The summed E-state index contributed by atoms with van der Waals surface area (Å²) in [6.07, 6.45) is 0. The number of ether oxygens (including phenoxy) is 2. The number of fused-ring (bicyclic) bond motifs is 1. The predicted molar refractivity (Wildman–Crippen MR) is 94.1 cm³/mol. The molecule has 130 valence electrons. The smallest absolute Gasteiger partial charge is 0.248 e. The van der Waals surface area contributed by atoms with Crippen LogP contribution in [0.25, 0.3) is 0 Å². The minimum Gasteiger partial charge on any atom is -0.486 e. The third kappa shape index (κ3) is 4.00. The van der Waals surface area contributed by atoms with Crippen LogP contribution in [0.4, 0.5) is 11.4 Å². The summed E-state index contributed by atoms with van der Waals surface area (Å²) in [5.74, 6) is 0.641. The number of carbonyl (C=O) groups excluding carboxylic acids is 2. The van der Waals surface area contributed by atoms with E-state index in [1.54, 1.807) is 37.3 Å². The van der Waals surface area contributed by atoms with Crippen LogP contribution < -0.4 is 25.8 Å². The van der Waals surface area contributed by atoms with E-state index in [-0.39, 0.29) is 5.91 Å². The van der Waals surface area contributed by atoms with Crippen molar-refractivity contribution in [2.75, 3.05) is 23.8 Å². The average molecular weight is 341 g/mol. The van der Waals surface area contributed by atoms with Crippen LogP contribution in [0.15, 0.2) is 42.5 Å². The monoisotopic (exact) mass is 341 g/mol. The molecule has 1 heterocycles. The number of amides is 2. The van der Waals surface area contributed by atoms with Gasteiger partial charge in [0.1, 0.15) is 19.3 Å². The lowest BCUT2D eigenvalue weighted by Gasteiger charge is -2.20. The number of hydrogen-bond donors (Lipinski definition) is 3. The van der Waals surface area contributed by atoms with E-state index in [2.05, 4.69) is 10.6 Å². The lowest BCUT2D eigenvalue weighted by molar-refractivity contribution is -0.116. The summed E-state index contributed by atoms with van der Waals surface area (Å²) in [6.45, 7) is 2.80. The first-order valence-electron chi connectivity index (χ1n) is 7.90. The second-order valence-corrected chi connectivity index (χ2v) is 5.66. The topological polar surface area (TPSA) is 103 Å². The molecule has 7 nitrogen and oxygen atoms in total. The van der Waals surface area contributed by atoms with Crippen LogP contribution in [0.3, 0.4) is 0 Å². The third-order valence-corrected chi connectivity index (χ3v) is 3.76. The van der Waals surface area contributed by atoms with Crippen molar-refractivity contribution in [2.45, 2.75) is 13.0 Å². The quantitative estimate of drug-likeness (QED) is 0.772. The molecule has 0 spiro atoms. The van der Waals surface area contributed by atoms with Crippen LogP contribution >= 0.6 is 0 Å². The Hall–Kier alpha value is -3.22. The van der Waals surface area contributed by atoms with Crippen molar-refractivity contribution in [1.82, 2.24) is 0 Å². The second-order valence-electron chi connectivity index (χ2n) is 5.66. The van der Waals surface area contributed by atoms with Gasteiger partial charge in [-0.25, -0.2) is 0 Å². The lowest BCUT2D eigenvalue weighted by atomic mass is 10.2. The van der Waals surface area contributed by atoms with Crippen molar-refractivity contribution >= 4 is 23.2 Å². The van der Waals surface area contributed by atoms with Crippen molar-refractivity contribution in [3.63, 3.8) is 0 Å². The molecule has 0 radical (unpaired) electrons. The predicted octanol–water partition coefficient (Wildman–Crippen LogP) is 2.00. The molecule has 0 unspecified atom stereocenters. The van der Waals surface area contributed by atoms with E-state index in [9.17, 15) is 9.59 Å². The van der Waals surface area contributed by atoms with Crippen molar-refractivity contribution in [2.24, 2.45) is 5.73 Å². The van der Waals surface area contributed by atoms with Gasteiger partial charge < -0.3 is 25.8 Å². The van der Waals surface area contributed by atoms with Crippen LogP contribution in [0, 0.1) is 0 Å². The molecule has 0 bridgehead atoms. The van der Waals surface area contributed by atoms with E-state index in [1.165, 1.54) is 0 Å². The fourth-order valence-corrected chi connectivity index (χ4v) is 2.42. The number of carbonyl (C=O) groups is 2. The zero-order valence-electron chi connectivity index (χ0n) is 13.7. The molecule has 7 heteroatoms. The highest BCUT2D eigenvalue weighted by Crippen LogP contribution is 2.32. The number of rotatable bonds is 5. The minimum atomic E-state index is -0.508. The van der Waals surface area contributed by atoms with Crippen molar-refractivity contribution in [1.29, 1.82) is 0 Å². The van der Waals surface area contributed by atoms with Crippen molar-refractivity contribution < 1.29 is 19.1 Å².